The van der Waals surface area contributed by atoms with Crippen molar-refractivity contribution in [1.82, 2.24) is 14.3 Å². The second-order valence-electron chi connectivity index (χ2n) is 6.73. The van der Waals surface area contributed by atoms with E-state index in [0.29, 0.717) is 25.6 Å². The molecule has 2 N–H and O–H groups in total. The van der Waals surface area contributed by atoms with Crippen LogP contribution in [-0.2, 0) is 10.2 Å². The first-order valence-electron chi connectivity index (χ1n) is 8.47. The number of hydrogen-bond acceptors (Lipinski definition) is 3. The second kappa shape index (κ2) is 7.40. The van der Waals surface area contributed by atoms with Crippen LogP contribution in [0, 0.1) is 11.3 Å². The van der Waals surface area contributed by atoms with Crippen molar-refractivity contribution in [1.29, 1.82) is 0 Å². The quantitative estimate of drug-likeness (QED) is 0.681. The standard InChI is InChI=1S/C15H31N3O2S/c1-3-7-15(8-9-15)13-17-21(19,20)18-10-5-14(6-11-18)12-16-4-2/h14,16-17H,3-13H2,1-2H3. The third-order valence-corrected chi connectivity index (χ3v) is 6.52. The lowest BCUT2D eigenvalue weighted by atomic mass is 9.98. The highest BCUT2D eigenvalue weighted by molar-refractivity contribution is 7.87. The van der Waals surface area contributed by atoms with Crippen LogP contribution in [-0.4, -0.2) is 45.4 Å². The van der Waals surface area contributed by atoms with Crippen molar-refractivity contribution < 1.29 is 8.42 Å². The van der Waals surface area contributed by atoms with Crippen LogP contribution in [0.3, 0.4) is 0 Å². The third kappa shape index (κ3) is 4.91. The van der Waals surface area contributed by atoms with Crippen LogP contribution in [0.4, 0.5) is 0 Å². The number of nitrogens with one attached hydrogen (secondary N) is 2. The fourth-order valence-electron chi connectivity index (χ4n) is 3.26. The van der Waals surface area contributed by atoms with Crippen molar-refractivity contribution in [3.8, 4) is 0 Å². The Morgan fingerprint density at radius 1 is 1.19 bits per heavy atom. The smallest absolute Gasteiger partial charge is 0.279 e. The van der Waals surface area contributed by atoms with E-state index in [-0.39, 0.29) is 5.41 Å². The molecule has 0 aromatic heterocycles. The Kier molecular flexibility index (Phi) is 6.05. The van der Waals surface area contributed by atoms with Gasteiger partial charge < -0.3 is 5.32 Å². The number of hydrogen-bond donors (Lipinski definition) is 2. The molecule has 5 nitrogen and oxygen atoms in total. The van der Waals surface area contributed by atoms with Crippen LogP contribution in [0.1, 0.15) is 52.4 Å². The van der Waals surface area contributed by atoms with E-state index in [1.165, 1.54) is 12.8 Å². The normalized spacial score (nSPS) is 23.3. The van der Waals surface area contributed by atoms with Gasteiger partial charge in [-0.05, 0) is 56.5 Å². The summed E-state index contributed by atoms with van der Waals surface area (Å²) in [5.74, 6) is 0.617. The average Bonchev–Trinajstić information content (AvgIpc) is 3.24. The second-order valence-corrected chi connectivity index (χ2v) is 8.48. The zero-order valence-electron chi connectivity index (χ0n) is 13.5. The predicted molar refractivity (Wildman–Crippen MR) is 86.3 cm³/mol. The van der Waals surface area contributed by atoms with Gasteiger partial charge in [0, 0.05) is 19.6 Å². The molecule has 0 aromatic rings. The van der Waals surface area contributed by atoms with Gasteiger partial charge in [-0.25, -0.2) is 4.72 Å². The molecule has 1 aliphatic carbocycles. The summed E-state index contributed by atoms with van der Waals surface area (Å²) in [6, 6.07) is 0. The maximum Gasteiger partial charge on any atom is 0.279 e. The topological polar surface area (TPSA) is 61.4 Å². The molecule has 2 aliphatic rings. The lowest BCUT2D eigenvalue weighted by Crippen LogP contribution is -2.47. The summed E-state index contributed by atoms with van der Waals surface area (Å²) in [5, 5.41) is 3.36. The van der Waals surface area contributed by atoms with E-state index in [9.17, 15) is 8.42 Å². The van der Waals surface area contributed by atoms with Gasteiger partial charge in [0.1, 0.15) is 0 Å². The van der Waals surface area contributed by atoms with Gasteiger partial charge in [-0.15, -0.1) is 0 Å². The summed E-state index contributed by atoms with van der Waals surface area (Å²) in [4.78, 5) is 0. The summed E-state index contributed by atoms with van der Waals surface area (Å²) in [6.45, 7) is 8.22. The van der Waals surface area contributed by atoms with E-state index in [0.717, 1.165) is 38.8 Å². The van der Waals surface area contributed by atoms with E-state index in [1.54, 1.807) is 4.31 Å². The molecule has 2 fully saturated rings. The molecule has 0 bridgehead atoms. The maximum absolute atomic E-state index is 12.4. The van der Waals surface area contributed by atoms with Crippen molar-refractivity contribution in [2.75, 3.05) is 32.7 Å². The average molecular weight is 317 g/mol. The van der Waals surface area contributed by atoms with Crippen LogP contribution >= 0.6 is 0 Å². The Morgan fingerprint density at radius 3 is 2.38 bits per heavy atom. The van der Waals surface area contributed by atoms with Crippen molar-refractivity contribution in [2.24, 2.45) is 11.3 Å². The molecule has 1 aliphatic heterocycles. The van der Waals surface area contributed by atoms with Crippen molar-refractivity contribution in [3.05, 3.63) is 0 Å². The van der Waals surface area contributed by atoms with Crippen LogP contribution in [0.5, 0.6) is 0 Å². The van der Waals surface area contributed by atoms with Crippen molar-refractivity contribution in [2.45, 2.75) is 52.4 Å². The van der Waals surface area contributed by atoms with E-state index in [1.807, 2.05) is 0 Å². The molecule has 124 valence electrons. The van der Waals surface area contributed by atoms with E-state index in [2.05, 4.69) is 23.9 Å². The van der Waals surface area contributed by atoms with Gasteiger partial charge in [0.15, 0.2) is 0 Å². The van der Waals surface area contributed by atoms with Gasteiger partial charge in [-0.1, -0.05) is 20.3 Å². The van der Waals surface area contributed by atoms with Crippen LogP contribution in [0.2, 0.25) is 0 Å². The van der Waals surface area contributed by atoms with E-state index >= 15 is 0 Å². The number of nitrogens with zero attached hydrogens (tertiary/aromatic N) is 1. The van der Waals surface area contributed by atoms with Gasteiger partial charge in [-0.2, -0.15) is 12.7 Å². The summed E-state index contributed by atoms with van der Waals surface area (Å²) in [5.41, 5.74) is 0.269. The maximum atomic E-state index is 12.4. The van der Waals surface area contributed by atoms with E-state index in [4.69, 9.17) is 0 Å². The van der Waals surface area contributed by atoms with Crippen LogP contribution in [0.15, 0.2) is 0 Å². The molecule has 0 aromatic carbocycles. The van der Waals surface area contributed by atoms with Gasteiger partial charge in [-0.3, -0.25) is 0 Å². The molecule has 0 atom stereocenters. The molecular formula is C15H31N3O2S. The molecule has 2 rings (SSSR count). The molecule has 0 spiro atoms. The molecule has 1 saturated carbocycles. The minimum Gasteiger partial charge on any atom is -0.317 e. The van der Waals surface area contributed by atoms with Crippen molar-refractivity contribution >= 4 is 10.2 Å². The zero-order chi connectivity index (χ0) is 15.3. The largest absolute Gasteiger partial charge is 0.317 e. The fourth-order valence-corrected chi connectivity index (χ4v) is 4.62. The van der Waals surface area contributed by atoms with E-state index < -0.39 is 10.2 Å². The Labute approximate surface area is 130 Å². The molecule has 1 saturated heterocycles. The minimum atomic E-state index is -3.28. The van der Waals surface area contributed by atoms with Crippen LogP contribution in [0.25, 0.3) is 0 Å². The van der Waals surface area contributed by atoms with Gasteiger partial charge in [0.05, 0.1) is 0 Å². The van der Waals surface area contributed by atoms with Gasteiger partial charge >= 0.3 is 0 Å². The molecule has 0 amide bonds. The zero-order valence-corrected chi connectivity index (χ0v) is 14.3. The number of piperidine rings is 1. The first-order chi connectivity index (χ1) is 10.0. The van der Waals surface area contributed by atoms with Crippen LogP contribution < -0.4 is 10.0 Å². The Hall–Kier alpha value is -0.170. The lowest BCUT2D eigenvalue weighted by Gasteiger charge is -2.31. The highest BCUT2D eigenvalue weighted by Crippen LogP contribution is 2.49. The Balaban J connectivity index is 1.76. The SMILES string of the molecule is CCCC1(CNS(=O)(=O)N2CCC(CNCC)CC2)CC1. The highest BCUT2D eigenvalue weighted by atomic mass is 32.2. The lowest BCUT2D eigenvalue weighted by molar-refractivity contribution is 0.265. The molecule has 1 heterocycles. The third-order valence-electron chi connectivity index (χ3n) is 4.96. The summed E-state index contributed by atoms with van der Waals surface area (Å²) < 4.78 is 29.3. The highest BCUT2D eigenvalue weighted by Gasteiger charge is 2.42. The Morgan fingerprint density at radius 2 is 1.86 bits per heavy atom. The van der Waals surface area contributed by atoms with Gasteiger partial charge in [0.2, 0.25) is 0 Å². The predicted octanol–water partition coefficient (Wildman–Crippen LogP) is 1.72. The first-order valence-corrected chi connectivity index (χ1v) is 9.91. The molecule has 0 radical (unpaired) electrons. The molecule has 0 unspecified atom stereocenters. The summed E-state index contributed by atoms with van der Waals surface area (Å²) >= 11 is 0. The summed E-state index contributed by atoms with van der Waals surface area (Å²) in [6.07, 6.45) is 6.56. The molecule has 6 heteroatoms. The molecular weight excluding hydrogens is 286 g/mol. The monoisotopic (exact) mass is 317 g/mol. The van der Waals surface area contributed by atoms with Crippen molar-refractivity contribution in [3.63, 3.8) is 0 Å². The Bertz CT molecular complexity index is 413. The fraction of sp³-hybridized carbons (Fsp3) is 1.00. The minimum absolute atomic E-state index is 0.269. The number of rotatable bonds is 9. The first kappa shape index (κ1) is 17.2. The molecule has 21 heavy (non-hydrogen) atoms. The van der Waals surface area contributed by atoms with Gasteiger partial charge in [0.25, 0.3) is 10.2 Å². The summed E-state index contributed by atoms with van der Waals surface area (Å²) in [7, 11) is -3.28.